The molecule has 2 rings (SSSR count). The number of nitrogens with one attached hydrogen (secondary N) is 1. The monoisotopic (exact) mass is 532 g/mol. The Labute approximate surface area is 213 Å². The normalized spacial score (nSPS) is 10.8. The molecule has 0 aliphatic rings. The third-order valence-corrected chi connectivity index (χ3v) is 4.31. The van der Waals surface area contributed by atoms with Gasteiger partial charge in [0.05, 0.1) is 70.0 Å². The second-order valence-electron chi connectivity index (χ2n) is 6.18. The van der Waals surface area contributed by atoms with Gasteiger partial charge in [0.2, 0.25) is 5.95 Å². The van der Waals surface area contributed by atoms with Crippen molar-refractivity contribution in [3.05, 3.63) is 0 Å². The van der Waals surface area contributed by atoms with E-state index in [0.717, 1.165) is 15.7 Å². The molecular formula is C17H32N12O8. The van der Waals surface area contributed by atoms with Gasteiger partial charge in [-0.3, -0.25) is 9.68 Å². The van der Waals surface area contributed by atoms with Gasteiger partial charge in [-0.05, 0) is 0 Å². The molecule has 0 spiro atoms. The first-order valence-corrected chi connectivity index (χ1v) is 10.4. The van der Waals surface area contributed by atoms with Crippen LogP contribution in [0.1, 0.15) is 0 Å². The number of hydrogen-bond acceptors (Lipinski definition) is 20. The molecule has 37 heavy (non-hydrogen) atoms. The quantitative estimate of drug-likeness (QED) is 0.253. The van der Waals surface area contributed by atoms with Gasteiger partial charge in [-0.2, -0.15) is 29.9 Å². The number of rotatable bonds is 17. The largest absolute Gasteiger partial charge is 0.357 e. The van der Waals surface area contributed by atoms with Crippen LogP contribution in [0.3, 0.4) is 0 Å². The van der Waals surface area contributed by atoms with Crippen LogP contribution < -0.4 is 31.1 Å². The molecule has 0 bridgehead atoms. The average molecular weight is 533 g/mol. The zero-order valence-electron chi connectivity index (χ0n) is 22.1. The molecule has 0 aliphatic carbocycles. The summed E-state index contributed by atoms with van der Waals surface area (Å²) in [6, 6.07) is 0. The molecular weight excluding hydrogens is 500 g/mol. The predicted molar refractivity (Wildman–Crippen MR) is 127 cm³/mol. The topological polar surface area (TPSA) is 179 Å². The SMILES string of the molecule is CNc1nc(N(CCN(OC)c2nc(N(OC)OC)nc(N(OC)OC)n2)OC)nc(N(OC)OC)n1. The minimum absolute atomic E-state index is 0.0188. The summed E-state index contributed by atoms with van der Waals surface area (Å²) in [5.41, 5.74) is 0. The lowest BCUT2D eigenvalue weighted by Crippen LogP contribution is -2.37. The van der Waals surface area contributed by atoms with Crippen molar-refractivity contribution in [2.45, 2.75) is 0 Å². The molecule has 2 aromatic rings. The van der Waals surface area contributed by atoms with Crippen LogP contribution in [0, 0.1) is 0 Å². The lowest BCUT2D eigenvalue weighted by molar-refractivity contribution is -0.0526. The Balaban J connectivity index is 2.37. The lowest BCUT2D eigenvalue weighted by Gasteiger charge is -2.26. The molecule has 0 fully saturated rings. The van der Waals surface area contributed by atoms with E-state index in [1.54, 1.807) is 7.05 Å². The zero-order valence-corrected chi connectivity index (χ0v) is 22.1. The van der Waals surface area contributed by atoms with E-state index >= 15 is 0 Å². The van der Waals surface area contributed by atoms with Gasteiger partial charge in [0, 0.05) is 7.05 Å². The molecule has 0 atom stereocenters. The van der Waals surface area contributed by atoms with Crippen molar-refractivity contribution < 1.29 is 38.7 Å². The molecule has 208 valence electrons. The van der Waals surface area contributed by atoms with Crippen LogP contribution in [0.2, 0.25) is 0 Å². The molecule has 0 aliphatic heterocycles. The van der Waals surface area contributed by atoms with Crippen LogP contribution in [0.4, 0.5) is 35.7 Å². The smallest absolute Gasteiger partial charge is 0.284 e. The summed E-state index contributed by atoms with van der Waals surface area (Å²) in [4.78, 5) is 67.3. The highest BCUT2D eigenvalue weighted by Crippen LogP contribution is 2.21. The Hall–Kier alpha value is -3.50. The summed E-state index contributed by atoms with van der Waals surface area (Å²) in [6.45, 7) is 0.325. The van der Waals surface area contributed by atoms with Crippen molar-refractivity contribution in [3.8, 4) is 0 Å². The maximum absolute atomic E-state index is 5.50. The van der Waals surface area contributed by atoms with E-state index in [-0.39, 0.29) is 48.8 Å². The van der Waals surface area contributed by atoms with Crippen LogP contribution >= 0.6 is 0 Å². The maximum atomic E-state index is 5.50. The average Bonchev–Trinajstić information content (AvgIpc) is 2.93. The molecule has 20 heteroatoms. The minimum atomic E-state index is -0.0188. The molecule has 0 unspecified atom stereocenters. The van der Waals surface area contributed by atoms with Gasteiger partial charge in [-0.1, -0.05) is 15.7 Å². The van der Waals surface area contributed by atoms with Crippen LogP contribution in [0.5, 0.6) is 0 Å². The van der Waals surface area contributed by atoms with E-state index in [9.17, 15) is 0 Å². The van der Waals surface area contributed by atoms with Crippen molar-refractivity contribution in [1.29, 1.82) is 0 Å². The van der Waals surface area contributed by atoms with Gasteiger partial charge < -0.3 is 5.32 Å². The maximum Gasteiger partial charge on any atom is 0.284 e. The zero-order chi connectivity index (χ0) is 27.4. The van der Waals surface area contributed by atoms with Crippen LogP contribution in [-0.4, -0.2) is 107 Å². The van der Waals surface area contributed by atoms with Crippen LogP contribution in [0.25, 0.3) is 0 Å². The fourth-order valence-electron chi connectivity index (χ4n) is 2.72. The fraction of sp³-hybridized carbons (Fsp3) is 0.647. The molecule has 0 radical (unpaired) electrons. The molecule has 0 aromatic carbocycles. The van der Waals surface area contributed by atoms with Gasteiger partial charge in [0.25, 0.3) is 29.7 Å². The molecule has 0 amide bonds. The van der Waals surface area contributed by atoms with Crippen molar-refractivity contribution in [2.75, 3.05) is 108 Å². The van der Waals surface area contributed by atoms with Gasteiger partial charge in [-0.25, -0.2) is 39.2 Å². The highest BCUT2D eigenvalue weighted by molar-refractivity contribution is 5.43. The first-order chi connectivity index (χ1) is 17.9. The Bertz CT molecular complexity index is 920. The van der Waals surface area contributed by atoms with Crippen LogP contribution in [0.15, 0.2) is 0 Å². The number of hydroxylamine groups is 2. The number of anilines is 6. The van der Waals surface area contributed by atoms with Gasteiger partial charge >= 0.3 is 0 Å². The minimum Gasteiger partial charge on any atom is -0.357 e. The number of hydrogen-bond donors (Lipinski definition) is 1. The summed E-state index contributed by atoms with van der Waals surface area (Å²) in [5.74, 6) is 0.502. The van der Waals surface area contributed by atoms with Gasteiger partial charge in [0.1, 0.15) is 0 Å². The van der Waals surface area contributed by atoms with Crippen molar-refractivity contribution in [3.63, 3.8) is 0 Å². The lowest BCUT2D eigenvalue weighted by atomic mass is 10.6. The van der Waals surface area contributed by atoms with Crippen LogP contribution in [-0.2, 0) is 38.7 Å². The highest BCUT2D eigenvalue weighted by atomic mass is 17.0. The number of nitrogens with zero attached hydrogens (tertiary/aromatic N) is 11. The van der Waals surface area contributed by atoms with Gasteiger partial charge in [-0.15, -0.1) is 0 Å². The second kappa shape index (κ2) is 14.9. The molecule has 2 aromatic heterocycles. The van der Waals surface area contributed by atoms with E-state index in [1.165, 1.54) is 67.0 Å². The fourth-order valence-corrected chi connectivity index (χ4v) is 2.72. The third-order valence-electron chi connectivity index (χ3n) is 4.31. The van der Waals surface area contributed by atoms with Gasteiger partial charge in [0.15, 0.2) is 0 Å². The summed E-state index contributed by atoms with van der Waals surface area (Å²) in [6.07, 6.45) is 0. The second-order valence-corrected chi connectivity index (χ2v) is 6.18. The third kappa shape index (κ3) is 7.50. The Morgan fingerprint density at radius 2 is 0.757 bits per heavy atom. The molecule has 1 N–H and O–H groups in total. The molecule has 0 saturated carbocycles. The highest BCUT2D eigenvalue weighted by Gasteiger charge is 2.23. The van der Waals surface area contributed by atoms with Crippen molar-refractivity contribution >= 4 is 35.7 Å². The van der Waals surface area contributed by atoms with E-state index in [0.29, 0.717) is 0 Å². The Kier molecular flexibility index (Phi) is 12.0. The van der Waals surface area contributed by atoms with Crippen molar-refractivity contribution in [2.24, 2.45) is 0 Å². The first-order valence-electron chi connectivity index (χ1n) is 10.4. The standard InChI is InChI=1S/C17H32N12O8/c1-18-12-19-13(21-15(20-12)27(32-4)33-5)25(30-2)10-11-26(31-3)14-22-16(28(34-6)35-7)24-17(23-14)29(36-8)37-9/h10-11H2,1-9H3,(H,18,19,20,21). The summed E-state index contributed by atoms with van der Waals surface area (Å²) >= 11 is 0. The van der Waals surface area contributed by atoms with E-state index < -0.39 is 0 Å². The summed E-state index contributed by atoms with van der Waals surface area (Å²) in [5, 5.41) is 8.50. The molecule has 0 saturated heterocycles. The predicted octanol–water partition coefficient (Wildman–Crippen LogP) is -0.678. The first kappa shape index (κ1) is 29.7. The van der Waals surface area contributed by atoms with Crippen molar-refractivity contribution in [1.82, 2.24) is 29.9 Å². The molecule has 2 heterocycles. The summed E-state index contributed by atoms with van der Waals surface area (Å²) < 4.78 is 0. The molecule has 20 nitrogen and oxygen atoms in total. The number of aromatic nitrogens is 6. The Morgan fingerprint density at radius 3 is 1.08 bits per heavy atom. The van der Waals surface area contributed by atoms with E-state index in [1.807, 2.05) is 0 Å². The van der Waals surface area contributed by atoms with E-state index in [4.69, 9.17) is 38.7 Å². The summed E-state index contributed by atoms with van der Waals surface area (Å²) in [7, 11) is 12.8. The Morgan fingerprint density at radius 1 is 0.459 bits per heavy atom. The van der Waals surface area contributed by atoms with E-state index in [2.05, 4.69) is 35.2 Å².